The molecule has 0 radical (unpaired) electrons. The van der Waals surface area contributed by atoms with Gasteiger partial charge >= 0.3 is 0 Å². The van der Waals surface area contributed by atoms with E-state index in [1.807, 2.05) is 24.3 Å². The van der Waals surface area contributed by atoms with Gasteiger partial charge in [-0.3, -0.25) is 9.69 Å². The summed E-state index contributed by atoms with van der Waals surface area (Å²) >= 11 is 0. The lowest BCUT2D eigenvalue weighted by atomic mass is 10.1. The molecule has 5 rings (SSSR count). The van der Waals surface area contributed by atoms with Gasteiger partial charge in [0.15, 0.2) is 5.76 Å². The maximum atomic E-state index is 13.9. The molecule has 1 aliphatic carbocycles. The van der Waals surface area contributed by atoms with Crippen LogP contribution in [0.3, 0.4) is 0 Å². The number of hydrogen-bond acceptors (Lipinski definition) is 4. The maximum Gasteiger partial charge on any atom is 0.291 e. The van der Waals surface area contributed by atoms with Crippen molar-refractivity contribution in [1.82, 2.24) is 4.90 Å². The highest BCUT2D eigenvalue weighted by Gasteiger charge is 2.31. The maximum absolute atomic E-state index is 13.9. The number of halogens is 1. The van der Waals surface area contributed by atoms with Gasteiger partial charge in [0.2, 0.25) is 0 Å². The Labute approximate surface area is 175 Å². The molecule has 154 valence electrons. The first kappa shape index (κ1) is 18.9. The summed E-state index contributed by atoms with van der Waals surface area (Å²) in [5.41, 5.74) is 2.20. The fourth-order valence-corrected chi connectivity index (χ4v) is 4.00. The number of piperazine rings is 1. The molecule has 2 aromatic carbocycles. The second kappa shape index (κ2) is 7.95. The van der Waals surface area contributed by atoms with Crippen molar-refractivity contribution in [1.29, 1.82) is 0 Å². The van der Waals surface area contributed by atoms with Crippen LogP contribution in [-0.4, -0.2) is 43.0 Å². The first-order chi connectivity index (χ1) is 14.7. The molecule has 5 nitrogen and oxygen atoms in total. The van der Waals surface area contributed by atoms with Crippen molar-refractivity contribution in [2.75, 3.05) is 36.4 Å². The first-order valence-corrected chi connectivity index (χ1v) is 10.4. The number of nitrogens with zero attached hydrogens (tertiary/aromatic N) is 2. The van der Waals surface area contributed by atoms with E-state index in [1.54, 1.807) is 30.3 Å². The summed E-state index contributed by atoms with van der Waals surface area (Å²) in [7, 11) is 0. The Kier molecular flexibility index (Phi) is 5.01. The number of carbonyl (C=O) groups excluding carboxylic acids is 1. The van der Waals surface area contributed by atoms with Crippen molar-refractivity contribution < 1.29 is 13.6 Å². The second-order valence-corrected chi connectivity index (χ2v) is 7.90. The summed E-state index contributed by atoms with van der Waals surface area (Å²) in [5, 5.41) is 2.84. The van der Waals surface area contributed by atoms with Crippen molar-refractivity contribution in [2.45, 2.75) is 18.9 Å². The second-order valence-electron chi connectivity index (χ2n) is 7.90. The van der Waals surface area contributed by atoms with E-state index in [1.165, 1.54) is 24.6 Å². The summed E-state index contributed by atoms with van der Waals surface area (Å²) in [5.74, 6) is -0.261. The number of amides is 1. The third-order valence-electron chi connectivity index (χ3n) is 5.84. The van der Waals surface area contributed by atoms with Crippen LogP contribution in [-0.2, 0) is 0 Å². The van der Waals surface area contributed by atoms with Crippen LogP contribution in [0.15, 0.2) is 65.1 Å². The van der Waals surface area contributed by atoms with Crippen molar-refractivity contribution >= 4 is 17.3 Å². The summed E-state index contributed by atoms with van der Waals surface area (Å²) in [6, 6.07) is 18.2. The van der Waals surface area contributed by atoms with Gasteiger partial charge in [-0.25, -0.2) is 4.39 Å². The minimum atomic E-state index is -0.382. The fourth-order valence-electron chi connectivity index (χ4n) is 4.00. The molecule has 30 heavy (non-hydrogen) atoms. The highest BCUT2D eigenvalue weighted by molar-refractivity contribution is 6.02. The molecule has 1 N–H and O–H groups in total. The van der Waals surface area contributed by atoms with Gasteiger partial charge < -0.3 is 14.6 Å². The predicted molar refractivity (Wildman–Crippen MR) is 115 cm³/mol. The Morgan fingerprint density at radius 3 is 2.37 bits per heavy atom. The monoisotopic (exact) mass is 405 g/mol. The zero-order valence-electron chi connectivity index (χ0n) is 16.7. The molecule has 1 aliphatic heterocycles. The fraction of sp³-hybridized carbons (Fsp3) is 0.292. The largest absolute Gasteiger partial charge is 0.451 e. The molecule has 2 fully saturated rings. The number of anilines is 2. The average Bonchev–Trinajstić information content (AvgIpc) is 3.51. The Balaban J connectivity index is 1.21. The molecular formula is C24H24FN3O2. The van der Waals surface area contributed by atoms with Gasteiger partial charge in [-0.2, -0.15) is 0 Å². The van der Waals surface area contributed by atoms with E-state index in [4.69, 9.17) is 4.42 Å². The topological polar surface area (TPSA) is 48.7 Å². The zero-order valence-corrected chi connectivity index (χ0v) is 16.7. The number of hydrogen-bond donors (Lipinski definition) is 1. The molecule has 1 amide bonds. The van der Waals surface area contributed by atoms with E-state index in [9.17, 15) is 9.18 Å². The summed E-state index contributed by atoms with van der Waals surface area (Å²) in [6.07, 6.45) is 2.71. The number of furan rings is 1. The SMILES string of the molecule is O=C(Nc1ccc(N2CCN(C3CC3)CC2)cc1)c1ccc(-c2ccccc2F)o1. The van der Waals surface area contributed by atoms with Gasteiger partial charge in [-0.15, -0.1) is 0 Å². The van der Waals surface area contributed by atoms with Crippen LogP contribution in [0.4, 0.5) is 15.8 Å². The van der Waals surface area contributed by atoms with Crippen LogP contribution < -0.4 is 10.2 Å². The van der Waals surface area contributed by atoms with Gasteiger partial charge in [-0.1, -0.05) is 12.1 Å². The Morgan fingerprint density at radius 1 is 0.933 bits per heavy atom. The lowest BCUT2D eigenvalue weighted by Gasteiger charge is -2.36. The predicted octanol–water partition coefficient (Wildman–Crippen LogP) is 4.62. The number of nitrogens with one attached hydrogen (secondary N) is 1. The van der Waals surface area contributed by atoms with Crippen LogP contribution in [0.2, 0.25) is 0 Å². The van der Waals surface area contributed by atoms with Gasteiger partial charge in [-0.05, 0) is 61.4 Å². The zero-order chi connectivity index (χ0) is 20.5. The van der Waals surface area contributed by atoms with Gasteiger partial charge in [0.05, 0.1) is 5.56 Å². The van der Waals surface area contributed by atoms with Crippen molar-refractivity contribution in [3.63, 3.8) is 0 Å². The van der Waals surface area contributed by atoms with E-state index in [0.29, 0.717) is 17.0 Å². The van der Waals surface area contributed by atoms with Crippen LogP contribution in [0.1, 0.15) is 23.4 Å². The third-order valence-corrected chi connectivity index (χ3v) is 5.84. The molecule has 1 saturated heterocycles. The number of carbonyl (C=O) groups is 1. The quantitative estimate of drug-likeness (QED) is 0.673. The third kappa shape index (κ3) is 3.96. The normalized spacial score (nSPS) is 17.2. The molecular weight excluding hydrogens is 381 g/mol. The molecule has 1 saturated carbocycles. The van der Waals surface area contributed by atoms with Crippen LogP contribution >= 0.6 is 0 Å². The highest BCUT2D eigenvalue weighted by Crippen LogP contribution is 2.29. The summed E-state index contributed by atoms with van der Waals surface area (Å²) < 4.78 is 19.5. The molecule has 6 heteroatoms. The Bertz CT molecular complexity index is 1030. The van der Waals surface area contributed by atoms with Crippen LogP contribution in [0, 0.1) is 5.82 Å². The number of benzene rings is 2. The van der Waals surface area contributed by atoms with Crippen molar-refractivity contribution in [3.8, 4) is 11.3 Å². The van der Waals surface area contributed by atoms with Crippen LogP contribution in [0.25, 0.3) is 11.3 Å². The molecule has 0 unspecified atom stereocenters. The Morgan fingerprint density at radius 2 is 1.67 bits per heavy atom. The van der Waals surface area contributed by atoms with Crippen molar-refractivity contribution in [3.05, 3.63) is 72.2 Å². The van der Waals surface area contributed by atoms with Crippen LogP contribution in [0.5, 0.6) is 0 Å². The van der Waals surface area contributed by atoms with Crippen molar-refractivity contribution in [2.24, 2.45) is 0 Å². The van der Waals surface area contributed by atoms with Gasteiger partial charge in [0.25, 0.3) is 5.91 Å². The molecule has 0 spiro atoms. The molecule has 0 atom stereocenters. The average molecular weight is 405 g/mol. The minimum absolute atomic E-state index is 0.147. The smallest absolute Gasteiger partial charge is 0.291 e. The van der Waals surface area contributed by atoms with E-state index >= 15 is 0 Å². The van der Waals surface area contributed by atoms with E-state index in [-0.39, 0.29) is 17.5 Å². The van der Waals surface area contributed by atoms with E-state index in [0.717, 1.165) is 32.2 Å². The standard InChI is InChI=1S/C24H24FN3O2/c25-21-4-2-1-3-20(21)22-11-12-23(30-22)24(29)26-17-5-7-18(8-6-17)27-13-15-28(16-14-27)19-9-10-19/h1-8,11-12,19H,9-10,13-16H2,(H,26,29). The molecule has 2 aliphatic rings. The highest BCUT2D eigenvalue weighted by atomic mass is 19.1. The molecule has 1 aromatic heterocycles. The number of rotatable bonds is 5. The Hall–Kier alpha value is -3.12. The lowest BCUT2D eigenvalue weighted by molar-refractivity contribution is 0.0997. The van der Waals surface area contributed by atoms with E-state index < -0.39 is 0 Å². The minimum Gasteiger partial charge on any atom is -0.451 e. The molecule has 0 bridgehead atoms. The molecule has 3 aromatic rings. The first-order valence-electron chi connectivity index (χ1n) is 10.4. The lowest BCUT2D eigenvalue weighted by Crippen LogP contribution is -2.47. The summed E-state index contributed by atoms with van der Waals surface area (Å²) in [6.45, 7) is 4.30. The summed E-state index contributed by atoms with van der Waals surface area (Å²) in [4.78, 5) is 17.5. The van der Waals surface area contributed by atoms with Gasteiger partial charge in [0, 0.05) is 43.6 Å². The van der Waals surface area contributed by atoms with Gasteiger partial charge in [0.1, 0.15) is 11.6 Å². The molecule has 2 heterocycles. The van der Waals surface area contributed by atoms with E-state index in [2.05, 4.69) is 15.1 Å².